The number of aromatic nitrogens is 2. The molecule has 1 N–H and O–H groups in total. The van der Waals surface area contributed by atoms with E-state index in [9.17, 15) is 4.79 Å². The third-order valence-electron chi connectivity index (χ3n) is 2.05. The first-order valence-corrected chi connectivity index (χ1v) is 4.42. The summed E-state index contributed by atoms with van der Waals surface area (Å²) >= 11 is 5.35. The number of nitrogens with zero attached hydrogens (tertiary/aromatic N) is 2. The molecule has 14 heavy (non-hydrogen) atoms. The van der Waals surface area contributed by atoms with E-state index >= 15 is 0 Å². The van der Waals surface area contributed by atoms with Crippen LogP contribution in [0.1, 0.15) is 0 Å². The predicted molar refractivity (Wildman–Crippen MR) is 55.7 cm³/mol. The molecule has 0 saturated heterocycles. The van der Waals surface area contributed by atoms with Gasteiger partial charge < -0.3 is 9.88 Å². The first-order valence-electron chi connectivity index (χ1n) is 4.05. The molecule has 4 nitrogen and oxygen atoms in total. The van der Waals surface area contributed by atoms with Gasteiger partial charge in [0.25, 0.3) is 0 Å². The van der Waals surface area contributed by atoms with Gasteiger partial charge >= 0.3 is 5.37 Å². The van der Waals surface area contributed by atoms with Crippen LogP contribution < -0.4 is 4.90 Å². The number of fused-ring (bicyclic) bond motifs is 1. The van der Waals surface area contributed by atoms with E-state index in [1.54, 1.807) is 19.4 Å². The van der Waals surface area contributed by atoms with Crippen LogP contribution in [0, 0.1) is 0 Å². The van der Waals surface area contributed by atoms with Crippen molar-refractivity contribution in [3.8, 4) is 0 Å². The summed E-state index contributed by atoms with van der Waals surface area (Å²) in [6.07, 6.45) is 1.61. The van der Waals surface area contributed by atoms with E-state index in [-0.39, 0.29) is 0 Å². The quantitative estimate of drug-likeness (QED) is 0.579. The van der Waals surface area contributed by atoms with Crippen LogP contribution >= 0.6 is 11.6 Å². The van der Waals surface area contributed by atoms with Gasteiger partial charge in [0.15, 0.2) is 0 Å². The fourth-order valence-electron chi connectivity index (χ4n) is 1.23. The number of benzene rings is 1. The summed E-state index contributed by atoms with van der Waals surface area (Å²) in [5.74, 6) is 0. The summed E-state index contributed by atoms with van der Waals surface area (Å²) in [5.41, 5.74) is 2.48. The minimum atomic E-state index is -0.510. The fraction of sp³-hybridized carbons (Fsp3) is 0.111. The van der Waals surface area contributed by atoms with Gasteiger partial charge in [0.1, 0.15) is 0 Å². The minimum absolute atomic E-state index is 0.510. The van der Waals surface area contributed by atoms with E-state index in [0.717, 1.165) is 16.7 Å². The van der Waals surface area contributed by atoms with Gasteiger partial charge in [-0.1, -0.05) is 0 Å². The Kier molecular flexibility index (Phi) is 2.13. The number of anilines is 1. The van der Waals surface area contributed by atoms with E-state index in [1.165, 1.54) is 4.90 Å². The van der Waals surface area contributed by atoms with Crippen LogP contribution in [0.3, 0.4) is 0 Å². The Labute approximate surface area is 85.5 Å². The SMILES string of the molecule is CN(C(=O)Cl)c1ccc2nc[nH]c2c1. The zero-order valence-electron chi connectivity index (χ0n) is 7.49. The second-order valence-corrected chi connectivity index (χ2v) is 3.24. The van der Waals surface area contributed by atoms with Crippen LogP contribution in [0.5, 0.6) is 0 Å². The number of aromatic amines is 1. The van der Waals surface area contributed by atoms with Crippen LogP contribution in [0.15, 0.2) is 24.5 Å². The highest BCUT2D eigenvalue weighted by atomic mass is 35.5. The van der Waals surface area contributed by atoms with Gasteiger partial charge in [-0.05, 0) is 29.8 Å². The lowest BCUT2D eigenvalue weighted by molar-refractivity contribution is 0.265. The Hall–Kier alpha value is -1.55. The first kappa shape index (κ1) is 9.02. The van der Waals surface area contributed by atoms with Crippen molar-refractivity contribution in [2.24, 2.45) is 0 Å². The molecule has 0 aliphatic carbocycles. The number of nitrogens with one attached hydrogen (secondary N) is 1. The molecule has 0 atom stereocenters. The average molecular weight is 210 g/mol. The number of imidazole rings is 1. The zero-order valence-corrected chi connectivity index (χ0v) is 8.25. The Bertz CT molecular complexity index is 480. The normalized spacial score (nSPS) is 10.4. The van der Waals surface area contributed by atoms with Crippen molar-refractivity contribution >= 4 is 33.7 Å². The number of carbonyl (C=O) groups excluding carboxylic acids is 1. The molecular formula is C9H8ClN3O. The lowest BCUT2D eigenvalue weighted by atomic mass is 10.2. The van der Waals surface area contributed by atoms with Crippen LogP contribution in [0.4, 0.5) is 10.5 Å². The van der Waals surface area contributed by atoms with Crippen molar-refractivity contribution < 1.29 is 4.79 Å². The Morgan fingerprint density at radius 3 is 3.07 bits per heavy atom. The number of rotatable bonds is 1. The molecule has 0 fully saturated rings. The molecule has 72 valence electrons. The van der Waals surface area contributed by atoms with Gasteiger partial charge in [-0.2, -0.15) is 0 Å². The van der Waals surface area contributed by atoms with Crippen LogP contribution in [0.2, 0.25) is 0 Å². The number of hydrogen-bond acceptors (Lipinski definition) is 2. The van der Waals surface area contributed by atoms with Gasteiger partial charge in [0, 0.05) is 12.7 Å². The largest absolute Gasteiger partial charge is 0.345 e. The Balaban J connectivity index is 2.48. The van der Waals surface area contributed by atoms with Crippen molar-refractivity contribution in [3.63, 3.8) is 0 Å². The highest BCUT2D eigenvalue weighted by Gasteiger charge is 2.08. The topological polar surface area (TPSA) is 49.0 Å². The summed E-state index contributed by atoms with van der Waals surface area (Å²) in [6.45, 7) is 0. The molecule has 2 aromatic rings. The van der Waals surface area contributed by atoms with E-state index in [2.05, 4.69) is 9.97 Å². The molecule has 1 heterocycles. The molecule has 0 unspecified atom stereocenters. The molecule has 1 aromatic carbocycles. The number of carbonyl (C=O) groups is 1. The first-order chi connectivity index (χ1) is 6.68. The minimum Gasteiger partial charge on any atom is -0.345 e. The third kappa shape index (κ3) is 1.44. The number of hydrogen-bond donors (Lipinski definition) is 1. The van der Waals surface area contributed by atoms with Crippen molar-refractivity contribution in [3.05, 3.63) is 24.5 Å². The molecule has 0 spiro atoms. The third-order valence-corrected chi connectivity index (χ3v) is 2.31. The Morgan fingerprint density at radius 1 is 1.57 bits per heavy atom. The van der Waals surface area contributed by atoms with Crippen LogP contribution in [-0.2, 0) is 0 Å². The van der Waals surface area contributed by atoms with E-state index in [0.29, 0.717) is 0 Å². The average Bonchev–Trinajstić information content (AvgIpc) is 2.62. The number of halogens is 1. The Morgan fingerprint density at radius 2 is 2.36 bits per heavy atom. The highest BCUT2D eigenvalue weighted by molar-refractivity contribution is 6.66. The summed E-state index contributed by atoms with van der Waals surface area (Å²) in [6, 6.07) is 5.45. The van der Waals surface area contributed by atoms with Gasteiger partial charge in [-0.3, -0.25) is 4.79 Å². The van der Waals surface area contributed by atoms with E-state index < -0.39 is 5.37 Å². The van der Waals surface area contributed by atoms with Crippen molar-refractivity contribution in [2.45, 2.75) is 0 Å². The van der Waals surface area contributed by atoms with Crippen LogP contribution in [0.25, 0.3) is 11.0 Å². The summed E-state index contributed by atoms with van der Waals surface area (Å²) in [4.78, 5) is 19.3. The van der Waals surface area contributed by atoms with Gasteiger partial charge in [-0.15, -0.1) is 0 Å². The molecule has 0 aliphatic heterocycles. The molecule has 0 aliphatic rings. The van der Waals surface area contributed by atoms with Crippen molar-refractivity contribution in [1.29, 1.82) is 0 Å². The molecule has 1 aromatic heterocycles. The fourth-order valence-corrected chi connectivity index (χ4v) is 1.33. The van der Waals surface area contributed by atoms with Crippen molar-refractivity contribution in [1.82, 2.24) is 9.97 Å². The van der Waals surface area contributed by atoms with Crippen LogP contribution in [-0.4, -0.2) is 22.4 Å². The summed E-state index contributed by atoms with van der Waals surface area (Å²) in [7, 11) is 1.62. The van der Waals surface area contributed by atoms with E-state index in [4.69, 9.17) is 11.6 Å². The highest BCUT2D eigenvalue weighted by Crippen LogP contribution is 2.19. The lowest BCUT2D eigenvalue weighted by Crippen LogP contribution is -2.19. The smallest absolute Gasteiger partial charge is 0.320 e. The second kappa shape index (κ2) is 3.31. The molecule has 0 saturated carbocycles. The van der Waals surface area contributed by atoms with Gasteiger partial charge in [0.05, 0.1) is 17.4 Å². The maximum Gasteiger partial charge on any atom is 0.320 e. The van der Waals surface area contributed by atoms with Gasteiger partial charge in [-0.25, -0.2) is 4.98 Å². The zero-order chi connectivity index (χ0) is 10.1. The molecular weight excluding hydrogens is 202 g/mol. The molecule has 2 rings (SSSR count). The maximum atomic E-state index is 10.9. The summed E-state index contributed by atoms with van der Waals surface area (Å²) in [5, 5.41) is -0.510. The molecule has 0 bridgehead atoms. The number of H-pyrrole nitrogens is 1. The monoisotopic (exact) mass is 209 g/mol. The standard InChI is InChI=1S/C9H8ClN3O/c1-13(9(10)14)6-2-3-7-8(4-6)12-5-11-7/h2-5H,1H3,(H,11,12). The molecule has 1 amide bonds. The number of amides is 1. The molecule has 0 radical (unpaired) electrons. The maximum absolute atomic E-state index is 10.9. The summed E-state index contributed by atoms with van der Waals surface area (Å²) < 4.78 is 0. The lowest BCUT2D eigenvalue weighted by Gasteiger charge is -2.12. The van der Waals surface area contributed by atoms with Gasteiger partial charge in [0.2, 0.25) is 0 Å². The van der Waals surface area contributed by atoms with Crippen molar-refractivity contribution in [2.75, 3.05) is 11.9 Å². The second-order valence-electron chi connectivity index (χ2n) is 2.92. The predicted octanol–water partition coefficient (Wildman–Crippen LogP) is 2.36. The van der Waals surface area contributed by atoms with E-state index in [1.807, 2.05) is 12.1 Å². The molecule has 5 heteroatoms.